The molecule has 1 aliphatic carbocycles. The summed E-state index contributed by atoms with van der Waals surface area (Å²) in [5, 5.41) is 0. The summed E-state index contributed by atoms with van der Waals surface area (Å²) in [5.74, 6) is 1.92. The van der Waals surface area contributed by atoms with Crippen molar-refractivity contribution in [1.29, 1.82) is 0 Å². The number of aryl methyl sites for hydroxylation is 4. The SMILES string of the molecule is C=Cc1cccc([C@H](C)C2COC(C(C)(C)C3=NC(C(C)C4=CC(OC)CC=C4)CO3)=N2)c1.Cc1cccc(C)c1.Cc1cccc(C)c1. The molecule has 5 heteroatoms. The first kappa shape index (κ1) is 37.6. The molecule has 0 radical (unpaired) electrons. The molecule has 3 aromatic rings. The van der Waals surface area contributed by atoms with Gasteiger partial charge in [0.05, 0.1) is 18.2 Å². The summed E-state index contributed by atoms with van der Waals surface area (Å²) in [7, 11) is 1.76. The van der Waals surface area contributed by atoms with Crippen LogP contribution in [0.5, 0.6) is 0 Å². The van der Waals surface area contributed by atoms with Gasteiger partial charge >= 0.3 is 0 Å². The Morgan fingerprint density at radius 1 is 0.776 bits per heavy atom. The van der Waals surface area contributed by atoms with E-state index in [1.54, 1.807) is 7.11 Å². The molecule has 2 heterocycles. The highest BCUT2D eigenvalue weighted by atomic mass is 16.5. The van der Waals surface area contributed by atoms with Crippen molar-refractivity contribution in [3.8, 4) is 0 Å². The van der Waals surface area contributed by atoms with E-state index in [4.69, 9.17) is 24.2 Å². The summed E-state index contributed by atoms with van der Waals surface area (Å²) < 4.78 is 17.7. The van der Waals surface area contributed by atoms with Gasteiger partial charge in [-0.05, 0) is 64.7 Å². The summed E-state index contributed by atoms with van der Waals surface area (Å²) in [6.45, 7) is 22.0. The Kier molecular flexibility index (Phi) is 13.4. The van der Waals surface area contributed by atoms with Gasteiger partial charge in [-0.15, -0.1) is 0 Å². The van der Waals surface area contributed by atoms with Crippen LogP contribution in [-0.2, 0) is 14.2 Å². The third-order valence-corrected chi connectivity index (χ3v) is 9.48. The zero-order valence-corrected chi connectivity index (χ0v) is 31.1. The van der Waals surface area contributed by atoms with Crippen LogP contribution in [0.15, 0.2) is 113 Å². The molecule has 6 rings (SSSR count). The van der Waals surface area contributed by atoms with Gasteiger partial charge < -0.3 is 14.2 Å². The summed E-state index contributed by atoms with van der Waals surface area (Å²) in [6.07, 6.45) is 9.52. The van der Waals surface area contributed by atoms with Gasteiger partial charge in [0.25, 0.3) is 0 Å². The molecule has 4 unspecified atom stereocenters. The summed E-state index contributed by atoms with van der Waals surface area (Å²) in [5.41, 5.74) is 8.48. The van der Waals surface area contributed by atoms with Gasteiger partial charge in [0.15, 0.2) is 11.8 Å². The molecule has 0 N–H and O–H groups in total. The van der Waals surface area contributed by atoms with Crippen molar-refractivity contribution >= 4 is 17.9 Å². The fourth-order valence-corrected chi connectivity index (χ4v) is 6.24. The van der Waals surface area contributed by atoms with Crippen molar-refractivity contribution in [2.75, 3.05) is 20.3 Å². The maximum Gasteiger partial charge on any atom is 0.199 e. The number of benzene rings is 3. The Labute approximate surface area is 295 Å². The van der Waals surface area contributed by atoms with Crippen molar-refractivity contribution in [2.45, 2.75) is 85.9 Å². The van der Waals surface area contributed by atoms with Crippen LogP contribution in [0.2, 0.25) is 0 Å². The minimum Gasteiger partial charge on any atom is -0.478 e. The molecule has 0 saturated carbocycles. The topological polar surface area (TPSA) is 52.4 Å². The van der Waals surface area contributed by atoms with Gasteiger partial charge in [0, 0.05) is 18.9 Å². The monoisotopic (exact) mass is 660 g/mol. The second kappa shape index (κ2) is 17.4. The number of rotatable bonds is 8. The molecule has 0 saturated heterocycles. The molecule has 3 aliphatic rings. The van der Waals surface area contributed by atoms with Gasteiger partial charge in [-0.1, -0.05) is 140 Å². The first-order valence-corrected chi connectivity index (χ1v) is 17.5. The first-order chi connectivity index (χ1) is 23.4. The van der Waals surface area contributed by atoms with E-state index in [1.165, 1.54) is 33.4 Å². The lowest BCUT2D eigenvalue weighted by molar-refractivity contribution is 0.141. The molecule has 0 bridgehead atoms. The molecule has 49 heavy (non-hydrogen) atoms. The maximum absolute atomic E-state index is 6.11. The lowest BCUT2D eigenvalue weighted by Crippen LogP contribution is -2.34. The summed E-state index contributed by atoms with van der Waals surface area (Å²) in [4.78, 5) is 9.97. The second-order valence-corrected chi connectivity index (χ2v) is 14.1. The molecular weight excluding hydrogens is 604 g/mol. The number of allylic oxidation sites excluding steroid dienone is 1. The van der Waals surface area contributed by atoms with Crippen molar-refractivity contribution in [2.24, 2.45) is 21.3 Å². The van der Waals surface area contributed by atoms with Gasteiger partial charge in [-0.2, -0.15) is 0 Å². The Hall–Kier alpha value is -4.22. The maximum atomic E-state index is 6.11. The fraction of sp³-hybridized carbons (Fsp3) is 0.409. The van der Waals surface area contributed by atoms with Crippen LogP contribution in [-0.4, -0.2) is 50.3 Å². The number of hydrogen-bond acceptors (Lipinski definition) is 5. The zero-order valence-electron chi connectivity index (χ0n) is 31.1. The molecule has 5 nitrogen and oxygen atoms in total. The third-order valence-electron chi connectivity index (χ3n) is 9.48. The van der Waals surface area contributed by atoms with Crippen LogP contribution in [0.25, 0.3) is 6.08 Å². The van der Waals surface area contributed by atoms with E-state index in [2.05, 4.69) is 153 Å². The predicted octanol–water partition coefficient (Wildman–Crippen LogP) is 10.2. The molecule has 0 fully saturated rings. The zero-order chi connectivity index (χ0) is 35.6. The molecule has 2 aliphatic heterocycles. The highest BCUT2D eigenvalue weighted by Crippen LogP contribution is 2.35. The number of nitrogens with zero attached hydrogens (tertiary/aromatic N) is 2. The third kappa shape index (κ3) is 10.4. The smallest absolute Gasteiger partial charge is 0.199 e. The van der Waals surface area contributed by atoms with E-state index in [1.807, 2.05) is 6.08 Å². The van der Waals surface area contributed by atoms with Gasteiger partial charge in [0.1, 0.15) is 18.6 Å². The standard InChI is InChI=1S/C28H36N2O3.2C8H10/c1-7-20-10-8-11-21(14-20)18(2)24-16-32-26(29-24)28(4,5)27-30-25(17-33-27)19(3)22-12-9-13-23(15-22)31-6;2*1-7-4-3-5-8(2)6-7/h7-12,14-15,18-19,23-25H,1,13,16-17H2,2-6H3;2*3-6H,1-2H3/t18-,19?,23?,24?,25?;;/m0../s1. The van der Waals surface area contributed by atoms with Crippen LogP contribution in [0.3, 0.4) is 0 Å². The van der Waals surface area contributed by atoms with Crippen molar-refractivity contribution in [3.05, 3.63) is 137 Å². The average molecular weight is 661 g/mol. The second-order valence-electron chi connectivity index (χ2n) is 14.1. The molecule has 3 aromatic carbocycles. The van der Waals surface area contributed by atoms with E-state index in [9.17, 15) is 0 Å². The number of methoxy groups -OCH3 is 1. The van der Waals surface area contributed by atoms with Crippen molar-refractivity contribution in [1.82, 2.24) is 0 Å². The molecule has 0 amide bonds. The number of aliphatic imine (C=N–C) groups is 2. The number of hydrogen-bond donors (Lipinski definition) is 0. The van der Waals surface area contributed by atoms with E-state index >= 15 is 0 Å². The summed E-state index contributed by atoms with van der Waals surface area (Å²) in [6, 6.07) is 25.5. The fourth-order valence-electron chi connectivity index (χ4n) is 6.24. The summed E-state index contributed by atoms with van der Waals surface area (Å²) >= 11 is 0. The average Bonchev–Trinajstić information content (AvgIpc) is 3.80. The normalized spacial score (nSPS) is 20.9. The van der Waals surface area contributed by atoms with Gasteiger partial charge in [0.2, 0.25) is 0 Å². The molecule has 5 atom stereocenters. The van der Waals surface area contributed by atoms with Crippen LogP contribution in [0.1, 0.15) is 73.4 Å². The molecule has 260 valence electrons. The number of ether oxygens (including phenoxy) is 3. The molecule has 0 spiro atoms. The van der Waals surface area contributed by atoms with E-state index in [0.717, 1.165) is 12.0 Å². The van der Waals surface area contributed by atoms with E-state index < -0.39 is 5.41 Å². The minimum absolute atomic E-state index is 0.0690. The quantitative estimate of drug-likeness (QED) is 0.242. The molecule has 0 aromatic heterocycles. The highest BCUT2D eigenvalue weighted by Gasteiger charge is 2.43. The Balaban J connectivity index is 0.000000275. The van der Waals surface area contributed by atoms with Crippen LogP contribution in [0.4, 0.5) is 0 Å². The largest absolute Gasteiger partial charge is 0.478 e. The van der Waals surface area contributed by atoms with E-state index in [-0.39, 0.29) is 30.0 Å². The Bertz CT molecular complexity index is 1600. The van der Waals surface area contributed by atoms with Crippen molar-refractivity contribution in [3.63, 3.8) is 0 Å². The van der Waals surface area contributed by atoms with Crippen LogP contribution >= 0.6 is 0 Å². The molecular formula is C44H56N2O3. The lowest BCUT2D eigenvalue weighted by Gasteiger charge is -2.22. The minimum atomic E-state index is -0.502. The first-order valence-electron chi connectivity index (χ1n) is 17.5. The lowest BCUT2D eigenvalue weighted by atomic mass is 9.89. The van der Waals surface area contributed by atoms with Crippen LogP contribution in [0, 0.1) is 39.0 Å². The Morgan fingerprint density at radius 2 is 1.29 bits per heavy atom. The Morgan fingerprint density at radius 3 is 1.76 bits per heavy atom. The highest BCUT2D eigenvalue weighted by molar-refractivity contribution is 6.05. The van der Waals surface area contributed by atoms with E-state index in [0.29, 0.717) is 25.0 Å². The predicted molar refractivity (Wildman–Crippen MR) is 207 cm³/mol. The van der Waals surface area contributed by atoms with Gasteiger partial charge in [-0.25, -0.2) is 9.98 Å². The van der Waals surface area contributed by atoms with Gasteiger partial charge in [-0.3, -0.25) is 0 Å². The van der Waals surface area contributed by atoms with Crippen LogP contribution < -0.4 is 0 Å². The van der Waals surface area contributed by atoms with Crippen molar-refractivity contribution < 1.29 is 14.2 Å².